The van der Waals surface area contributed by atoms with Crippen molar-refractivity contribution in [2.45, 2.75) is 38.1 Å². The molecule has 1 aromatic rings. The van der Waals surface area contributed by atoms with E-state index in [0.29, 0.717) is 5.67 Å². The number of ether oxygens (including phenoxy) is 1. The van der Waals surface area contributed by atoms with E-state index >= 15 is 0 Å². The van der Waals surface area contributed by atoms with Crippen molar-refractivity contribution in [1.82, 2.24) is 4.90 Å². The van der Waals surface area contributed by atoms with Crippen LogP contribution in [0.1, 0.15) is 18.9 Å². The van der Waals surface area contributed by atoms with Gasteiger partial charge in [0.15, 0.2) is 0 Å². The van der Waals surface area contributed by atoms with Crippen molar-refractivity contribution < 1.29 is 9.13 Å². The largest absolute Gasteiger partial charge is 0.379 e. The number of nitrogens with zero attached hydrogens (tertiary/aromatic N) is 1. The van der Waals surface area contributed by atoms with Crippen LogP contribution in [0.25, 0.3) is 0 Å². The molecule has 1 unspecified atom stereocenters. The molecule has 0 saturated carbocycles. The molecular weight excluding hydrogens is 269 g/mol. The molecule has 20 heavy (non-hydrogen) atoms. The first-order valence-electron chi connectivity index (χ1n) is 7.59. The van der Waals surface area contributed by atoms with Gasteiger partial charge in [0.1, 0.15) is 5.82 Å². The minimum absolute atomic E-state index is 0.145. The Morgan fingerprint density at radius 1 is 1.20 bits per heavy atom. The molecule has 0 spiro atoms. The van der Waals surface area contributed by atoms with Crippen LogP contribution < -0.4 is 0 Å². The zero-order valence-electron chi connectivity index (χ0n) is 12.9. The summed E-state index contributed by atoms with van der Waals surface area (Å²) >= 11 is 0. The zero-order chi connectivity index (χ0) is 14.6. The summed E-state index contributed by atoms with van der Waals surface area (Å²) in [4.78, 5) is 2.61. The van der Waals surface area contributed by atoms with Crippen LogP contribution in [0.2, 0.25) is 13.1 Å². The summed E-state index contributed by atoms with van der Waals surface area (Å²) < 4.78 is 18.5. The van der Waals surface area contributed by atoms with Gasteiger partial charge in [0, 0.05) is 18.8 Å². The summed E-state index contributed by atoms with van der Waals surface area (Å²) in [6, 6.07) is 8.15. The van der Waals surface area contributed by atoms with E-state index in [9.17, 15) is 4.39 Å². The minimum Gasteiger partial charge on any atom is -0.379 e. The lowest BCUT2D eigenvalue weighted by molar-refractivity contribution is 0.0287. The smallest absolute Gasteiger partial charge is 0.123 e. The molecule has 0 N–H and O–H groups in total. The maximum atomic E-state index is 13.0. The van der Waals surface area contributed by atoms with Crippen LogP contribution in [0.5, 0.6) is 0 Å². The summed E-state index contributed by atoms with van der Waals surface area (Å²) in [5.41, 5.74) is 1.95. The maximum Gasteiger partial charge on any atom is 0.123 e. The third-order valence-electron chi connectivity index (χ3n) is 4.35. The normalized spacial score (nSPS) is 19.0. The molecule has 0 bridgehead atoms. The first-order valence-corrected chi connectivity index (χ1v) is 10.9. The van der Waals surface area contributed by atoms with Gasteiger partial charge < -0.3 is 4.74 Å². The van der Waals surface area contributed by atoms with Gasteiger partial charge in [-0.15, -0.1) is 0 Å². The van der Waals surface area contributed by atoms with Gasteiger partial charge in [-0.3, -0.25) is 4.90 Å². The topological polar surface area (TPSA) is 12.5 Å². The van der Waals surface area contributed by atoms with Gasteiger partial charge in [-0.2, -0.15) is 0 Å². The van der Waals surface area contributed by atoms with Gasteiger partial charge in [0.25, 0.3) is 0 Å². The zero-order valence-corrected chi connectivity index (χ0v) is 13.9. The molecule has 112 valence electrons. The quantitative estimate of drug-likeness (QED) is 0.773. The fourth-order valence-corrected chi connectivity index (χ4v) is 7.32. The number of morpholine rings is 1. The van der Waals surface area contributed by atoms with E-state index in [1.165, 1.54) is 12.0 Å². The predicted octanol–water partition coefficient (Wildman–Crippen LogP) is 3.27. The van der Waals surface area contributed by atoms with Crippen molar-refractivity contribution in [2.24, 2.45) is 0 Å². The van der Waals surface area contributed by atoms with Crippen LogP contribution in [-0.2, 0) is 10.8 Å². The molecule has 1 fully saturated rings. The summed E-state index contributed by atoms with van der Waals surface area (Å²) in [6.45, 7) is 11.0. The number of hydrogen-bond acceptors (Lipinski definition) is 2. The predicted molar refractivity (Wildman–Crippen MR) is 84.1 cm³/mol. The Labute approximate surface area is 122 Å². The summed E-state index contributed by atoms with van der Waals surface area (Å²) in [5.74, 6) is -0.145. The first kappa shape index (κ1) is 15.7. The fraction of sp³-hybridized carbons (Fsp3) is 0.625. The Morgan fingerprint density at radius 2 is 1.80 bits per heavy atom. The molecule has 0 aliphatic carbocycles. The van der Waals surface area contributed by atoms with Crippen LogP contribution >= 0.6 is 0 Å². The highest BCUT2D eigenvalue weighted by molar-refractivity contribution is 6.78. The SMILES string of the molecule is CCC(N1CCOCC1)[Si](C)(C)Cc1ccc(F)cc1. The summed E-state index contributed by atoms with van der Waals surface area (Å²) in [5, 5.41) is 0. The van der Waals surface area contributed by atoms with Crippen LogP contribution in [0, 0.1) is 5.82 Å². The van der Waals surface area contributed by atoms with Gasteiger partial charge >= 0.3 is 0 Å². The Balaban J connectivity index is 2.07. The lowest BCUT2D eigenvalue weighted by Crippen LogP contribution is -2.57. The molecule has 1 aliphatic rings. The molecule has 1 aliphatic heterocycles. The standard InChI is InChI=1S/C16H26FNOSi/c1-4-16(18-9-11-19-12-10-18)20(2,3)13-14-5-7-15(17)8-6-14/h5-8,16H,4,9-13H2,1-3H3. The van der Waals surface area contributed by atoms with E-state index in [0.717, 1.165) is 32.3 Å². The van der Waals surface area contributed by atoms with Gasteiger partial charge in [-0.1, -0.05) is 37.7 Å². The van der Waals surface area contributed by atoms with Crippen LogP contribution in [0.15, 0.2) is 24.3 Å². The summed E-state index contributed by atoms with van der Waals surface area (Å²) in [6.07, 6.45) is 1.19. The molecule has 1 aromatic carbocycles. The third-order valence-corrected chi connectivity index (χ3v) is 8.25. The van der Waals surface area contributed by atoms with Crippen molar-refractivity contribution in [3.8, 4) is 0 Å². The Kier molecular flexibility index (Phi) is 5.35. The minimum atomic E-state index is -1.43. The lowest BCUT2D eigenvalue weighted by atomic mass is 10.2. The highest BCUT2D eigenvalue weighted by atomic mass is 28.3. The number of benzene rings is 1. The van der Waals surface area contributed by atoms with E-state index in [4.69, 9.17) is 4.74 Å². The average molecular weight is 295 g/mol. The van der Waals surface area contributed by atoms with Gasteiger partial charge in [0.05, 0.1) is 21.3 Å². The summed E-state index contributed by atoms with van der Waals surface area (Å²) in [7, 11) is -1.43. The van der Waals surface area contributed by atoms with Gasteiger partial charge in [0.2, 0.25) is 0 Å². The molecule has 1 saturated heterocycles. The highest BCUT2D eigenvalue weighted by Crippen LogP contribution is 2.23. The number of halogens is 1. The van der Waals surface area contributed by atoms with Gasteiger partial charge in [-0.05, 0) is 24.6 Å². The van der Waals surface area contributed by atoms with E-state index in [2.05, 4.69) is 24.9 Å². The van der Waals surface area contributed by atoms with Crippen LogP contribution in [-0.4, -0.2) is 44.9 Å². The van der Waals surface area contributed by atoms with Crippen LogP contribution in [0.3, 0.4) is 0 Å². The second kappa shape index (κ2) is 6.83. The van der Waals surface area contributed by atoms with Crippen molar-refractivity contribution in [3.05, 3.63) is 35.6 Å². The van der Waals surface area contributed by atoms with E-state index in [1.54, 1.807) is 12.1 Å². The second-order valence-electron chi connectivity index (χ2n) is 6.36. The lowest BCUT2D eigenvalue weighted by Gasteiger charge is -2.42. The number of hydrogen-bond donors (Lipinski definition) is 0. The molecule has 0 aromatic heterocycles. The Morgan fingerprint density at radius 3 is 2.35 bits per heavy atom. The first-order chi connectivity index (χ1) is 9.53. The van der Waals surface area contributed by atoms with Crippen molar-refractivity contribution in [2.75, 3.05) is 26.3 Å². The van der Waals surface area contributed by atoms with Crippen LogP contribution in [0.4, 0.5) is 4.39 Å². The third kappa shape index (κ3) is 3.90. The molecule has 1 heterocycles. The monoisotopic (exact) mass is 295 g/mol. The average Bonchev–Trinajstić information content (AvgIpc) is 2.43. The Bertz CT molecular complexity index is 415. The molecule has 2 rings (SSSR count). The van der Waals surface area contributed by atoms with Crippen molar-refractivity contribution in [3.63, 3.8) is 0 Å². The van der Waals surface area contributed by atoms with E-state index < -0.39 is 8.07 Å². The maximum absolute atomic E-state index is 13.0. The molecule has 4 heteroatoms. The second-order valence-corrected chi connectivity index (χ2v) is 11.4. The molecular formula is C16H26FNOSi. The highest BCUT2D eigenvalue weighted by Gasteiger charge is 2.35. The molecule has 2 nitrogen and oxygen atoms in total. The molecule has 0 radical (unpaired) electrons. The molecule has 0 amide bonds. The van der Waals surface area contributed by atoms with E-state index in [1.807, 2.05) is 12.1 Å². The number of rotatable bonds is 5. The van der Waals surface area contributed by atoms with Crippen molar-refractivity contribution in [1.29, 1.82) is 0 Å². The fourth-order valence-electron chi connectivity index (χ4n) is 3.44. The Hall–Kier alpha value is -0.713. The van der Waals surface area contributed by atoms with Gasteiger partial charge in [-0.25, -0.2) is 4.39 Å². The molecule has 1 atom stereocenters. The van der Waals surface area contributed by atoms with Crippen molar-refractivity contribution >= 4 is 8.07 Å². The van der Waals surface area contributed by atoms with E-state index in [-0.39, 0.29) is 5.82 Å².